The maximum absolute atomic E-state index is 12.5. The number of benzene rings is 1. The van der Waals surface area contributed by atoms with E-state index >= 15 is 0 Å². The van der Waals surface area contributed by atoms with Crippen molar-refractivity contribution in [3.63, 3.8) is 0 Å². The van der Waals surface area contributed by atoms with Crippen molar-refractivity contribution < 1.29 is 17.9 Å². The summed E-state index contributed by atoms with van der Waals surface area (Å²) in [7, 11) is -3.50. The average molecular weight is 378 g/mol. The molecule has 7 heteroatoms. The maximum atomic E-state index is 12.5. The highest BCUT2D eigenvalue weighted by atomic mass is 32.2. The highest BCUT2D eigenvalue weighted by Gasteiger charge is 2.34. The van der Waals surface area contributed by atoms with Crippen molar-refractivity contribution in [3.8, 4) is 5.75 Å². The number of nitrogens with zero attached hydrogens (tertiary/aromatic N) is 1. The van der Waals surface area contributed by atoms with Gasteiger partial charge in [0, 0.05) is 6.54 Å². The van der Waals surface area contributed by atoms with E-state index in [2.05, 4.69) is 11.4 Å². The summed E-state index contributed by atoms with van der Waals surface area (Å²) >= 11 is 0. The summed E-state index contributed by atoms with van der Waals surface area (Å²) < 4.78 is 31.4. The first-order chi connectivity index (χ1) is 12.3. The Bertz CT molecular complexity index is 817. The van der Waals surface area contributed by atoms with Gasteiger partial charge in [-0.3, -0.25) is 9.10 Å². The molecule has 1 N–H and O–H groups in total. The van der Waals surface area contributed by atoms with Crippen molar-refractivity contribution in [2.24, 2.45) is 0 Å². The van der Waals surface area contributed by atoms with Gasteiger partial charge in [-0.05, 0) is 56.7 Å². The van der Waals surface area contributed by atoms with E-state index in [1.165, 1.54) is 22.7 Å². The second-order valence-electron chi connectivity index (χ2n) is 7.02. The number of aryl methyl sites for hydroxylation is 1. The van der Waals surface area contributed by atoms with Crippen molar-refractivity contribution in [2.45, 2.75) is 45.1 Å². The molecule has 1 heterocycles. The Morgan fingerprint density at radius 3 is 2.85 bits per heavy atom. The number of nitrogens with one attached hydrogen (secondary N) is 1. The zero-order valence-electron chi connectivity index (χ0n) is 15.3. The van der Waals surface area contributed by atoms with E-state index < -0.39 is 16.1 Å². The molecular weight excluding hydrogens is 352 g/mol. The first kappa shape index (κ1) is 18.8. The number of carbonyl (C=O) groups excluding carboxylic acids is 1. The number of allylic oxidation sites excluding steroid dienone is 1. The Hall–Kier alpha value is -2.02. The van der Waals surface area contributed by atoms with Crippen LogP contribution in [-0.4, -0.2) is 39.8 Å². The largest absolute Gasteiger partial charge is 0.476 e. The number of hydrogen-bond donors (Lipinski definition) is 1. The molecular formula is C19H26N2O4S. The summed E-state index contributed by atoms with van der Waals surface area (Å²) in [6.45, 7) is 2.42. The van der Waals surface area contributed by atoms with Crippen molar-refractivity contribution in [1.29, 1.82) is 0 Å². The van der Waals surface area contributed by atoms with E-state index in [0.29, 0.717) is 18.0 Å². The SMILES string of the molecule is Cc1ccc2c(c1)N(S(C)(=O)=O)C[C@@H](C(=O)NCCC1=CCCCC1)O2. The van der Waals surface area contributed by atoms with E-state index in [-0.39, 0.29) is 12.5 Å². The number of carbonyl (C=O) groups is 1. The highest BCUT2D eigenvalue weighted by molar-refractivity contribution is 7.92. The van der Waals surface area contributed by atoms with E-state index in [1.807, 2.05) is 13.0 Å². The van der Waals surface area contributed by atoms with Gasteiger partial charge in [0.05, 0.1) is 18.5 Å². The monoisotopic (exact) mass is 378 g/mol. The summed E-state index contributed by atoms with van der Waals surface area (Å²) in [5.74, 6) is 0.142. The van der Waals surface area contributed by atoms with Crippen LogP contribution in [0.4, 0.5) is 5.69 Å². The molecule has 1 aromatic rings. The molecule has 26 heavy (non-hydrogen) atoms. The maximum Gasteiger partial charge on any atom is 0.263 e. The Morgan fingerprint density at radius 1 is 1.35 bits per heavy atom. The fourth-order valence-electron chi connectivity index (χ4n) is 3.40. The standard InChI is InChI=1S/C19H26N2O4S/c1-14-8-9-17-16(12-14)21(26(2,23)24)13-18(25-17)19(22)20-11-10-15-6-4-3-5-7-15/h6,8-9,12,18H,3-5,7,10-11,13H2,1-2H3,(H,20,22)/t18-/m0/s1. The third-order valence-electron chi connectivity index (χ3n) is 4.81. The molecule has 0 saturated heterocycles. The minimum Gasteiger partial charge on any atom is -0.476 e. The van der Waals surface area contributed by atoms with Crippen LogP contribution in [0.3, 0.4) is 0 Å². The van der Waals surface area contributed by atoms with Crippen LogP contribution in [0.15, 0.2) is 29.8 Å². The van der Waals surface area contributed by atoms with E-state index in [1.54, 1.807) is 12.1 Å². The van der Waals surface area contributed by atoms with Crippen LogP contribution in [0, 0.1) is 6.92 Å². The Kier molecular flexibility index (Phi) is 5.55. The van der Waals surface area contributed by atoms with Gasteiger partial charge in [-0.25, -0.2) is 8.42 Å². The van der Waals surface area contributed by atoms with Gasteiger partial charge in [-0.15, -0.1) is 0 Å². The lowest BCUT2D eigenvalue weighted by molar-refractivity contribution is -0.127. The Balaban J connectivity index is 1.67. The van der Waals surface area contributed by atoms with E-state index in [0.717, 1.165) is 31.1 Å². The average Bonchev–Trinajstić information content (AvgIpc) is 2.60. The zero-order valence-corrected chi connectivity index (χ0v) is 16.1. The summed E-state index contributed by atoms with van der Waals surface area (Å²) in [5, 5.41) is 2.89. The molecule has 0 spiro atoms. The highest BCUT2D eigenvalue weighted by Crippen LogP contribution is 2.35. The lowest BCUT2D eigenvalue weighted by Crippen LogP contribution is -2.50. The first-order valence-electron chi connectivity index (χ1n) is 9.05. The molecule has 0 saturated carbocycles. The van der Waals surface area contributed by atoms with Crippen molar-refractivity contribution in [3.05, 3.63) is 35.4 Å². The molecule has 0 unspecified atom stereocenters. The van der Waals surface area contributed by atoms with Gasteiger partial charge in [-0.2, -0.15) is 0 Å². The third kappa shape index (κ3) is 4.38. The molecule has 1 atom stereocenters. The van der Waals surface area contributed by atoms with Crippen LogP contribution >= 0.6 is 0 Å². The second kappa shape index (κ2) is 7.70. The molecule has 1 aliphatic carbocycles. The summed E-state index contributed by atoms with van der Waals surface area (Å²) in [6.07, 6.45) is 8.08. The number of fused-ring (bicyclic) bond motifs is 1. The summed E-state index contributed by atoms with van der Waals surface area (Å²) in [5.41, 5.74) is 2.81. The molecule has 6 nitrogen and oxygen atoms in total. The van der Waals surface area contributed by atoms with Crippen LogP contribution in [0.2, 0.25) is 0 Å². The minimum atomic E-state index is -3.50. The molecule has 0 aromatic heterocycles. The third-order valence-corrected chi connectivity index (χ3v) is 5.95. The van der Waals surface area contributed by atoms with Crippen LogP contribution in [0.5, 0.6) is 5.75 Å². The first-order valence-corrected chi connectivity index (χ1v) is 10.9. The number of sulfonamides is 1. The molecule has 0 radical (unpaired) electrons. The fraction of sp³-hybridized carbons (Fsp3) is 0.526. The van der Waals surface area contributed by atoms with Crippen LogP contribution in [0.1, 0.15) is 37.7 Å². The van der Waals surface area contributed by atoms with Crippen molar-refractivity contribution in [2.75, 3.05) is 23.7 Å². The number of amides is 1. The molecule has 1 aliphatic heterocycles. The minimum absolute atomic E-state index is 0.0101. The van der Waals surface area contributed by atoms with Crippen molar-refractivity contribution >= 4 is 21.6 Å². The quantitative estimate of drug-likeness (QED) is 0.799. The lowest BCUT2D eigenvalue weighted by Gasteiger charge is -2.34. The topological polar surface area (TPSA) is 75.7 Å². The second-order valence-corrected chi connectivity index (χ2v) is 8.93. The summed E-state index contributed by atoms with van der Waals surface area (Å²) in [6, 6.07) is 5.32. The van der Waals surface area contributed by atoms with Gasteiger partial charge in [0.15, 0.2) is 6.10 Å². The van der Waals surface area contributed by atoms with Crippen LogP contribution in [-0.2, 0) is 14.8 Å². The molecule has 1 amide bonds. The number of rotatable bonds is 5. The fourth-order valence-corrected chi connectivity index (χ4v) is 4.31. The normalized spacial score (nSPS) is 20.0. The molecule has 1 aromatic carbocycles. The lowest BCUT2D eigenvalue weighted by atomic mass is 9.97. The van der Waals surface area contributed by atoms with Crippen LogP contribution in [0.25, 0.3) is 0 Å². The number of ether oxygens (including phenoxy) is 1. The molecule has 142 valence electrons. The van der Waals surface area contributed by atoms with Crippen LogP contribution < -0.4 is 14.4 Å². The molecule has 0 fully saturated rings. The summed E-state index contributed by atoms with van der Waals surface area (Å²) in [4.78, 5) is 12.5. The van der Waals surface area contributed by atoms with Gasteiger partial charge >= 0.3 is 0 Å². The van der Waals surface area contributed by atoms with E-state index in [9.17, 15) is 13.2 Å². The zero-order chi connectivity index (χ0) is 18.7. The molecule has 3 rings (SSSR count). The Labute approximate surface area is 155 Å². The van der Waals surface area contributed by atoms with Gasteiger partial charge < -0.3 is 10.1 Å². The molecule has 2 aliphatic rings. The number of anilines is 1. The predicted octanol–water partition coefficient (Wildman–Crippen LogP) is 2.53. The predicted molar refractivity (Wildman–Crippen MR) is 102 cm³/mol. The van der Waals surface area contributed by atoms with Gasteiger partial charge in [0.1, 0.15) is 5.75 Å². The van der Waals surface area contributed by atoms with Crippen molar-refractivity contribution in [1.82, 2.24) is 5.32 Å². The van der Waals surface area contributed by atoms with Gasteiger partial charge in [0.2, 0.25) is 10.0 Å². The number of hydrogen-bond acceptors (Lipinski definition) is 4. The van der Waals surface area contributed by atoms with E-state index in [4.69, 9.17) is 4.74 Å². The smallest absolute Gasteiger partial charge is 0.263 e. The Morgan fingerprint density at radius 2 is 2.15 bits per heavy atom. The van der Waals surface area contributed by atoms with Gasteiger partial charge in [0.25, 0.3) is 5.91 Å². The molecule has 0 bridgehead atoms. The van der Waals surface area contributed by atoms with Gasteiger partial charge in [-0.1, -0.05) is 17.7 Å².